The van der Waals surface area contributed by atoms with Crippen molar-refractivity contribution in [2.45, 2.75) is 44.4 Å². The van der Waals surface area contributed by atoms with E-state index in [2.05, 4.69) is 17.3 Å². The van der Waals surface area contributed by atoms with Gasteiger partial charge in [-0.15, -0.1) is 0 Å². The Morgan fingerprint density at radius 2 is 2.42 bits per heavy atom. The molecular formula is C14H23N3O2. The van der Waals surface area contributed by atoms with Gasteiger partial charge >= 0.3 is 0 Å². The lowest BCUT2D eigenvalue weighted by Crippen LogP contribution is -2.47. The SMILES string of the molecule is Cc1c(CNC2CCOC3(CCOC3)C2)cnn1C. The normalized spacial score (nSPS) is 31.2. The van der Waals surface area contributed by atoms with Crippen LogP contribution in [0.2, 0.25) is 0 Å². The van der Waals surface area contributed by atoms with Crippen LogP contribution in [0.1, 0.15) is 30.5 Å². The second-order valence-electron chi connectivity index (χ2n) is 5.78. The molecule has 19 heavy (non-hydrogen) atoms. The highest BCUT2D eigenvalue weighted by Gasteiger charge is 2.40. The highest BCUT2D eigenvalue weighted by molar-refractivity contribution is 5.15. The van der Waals surface area contributed by atoms with E-state index in [0.29, 0.717) is 6.04 Å². The van der Waals surface area contributed by atoms with Crippen LogP contribution in [0.25, 0.3) is 0 Å². The minimum Gasteiger partial charge on any atom is -0.378 e. The van der Waals surface area contributed by atoms with Crippen molar-refractivity contribution >= 4 is 0 Å². The molecule has 0 bridgehead atoms. The Kier molecular flexibility index (Phi) is 3.60. The van der Waals surface area contributed by atoms with E-state index in [9.17, 15) is 0 Å². The molecule has 106 valence electrons. The molecule has 0 aliphatic carbocycles. The second kappa shape index (κ2) is 5.23. The number of nitrogens with one attached hydrogen (secondary N) is 1. The van der Waals surface area contributed by atoms with Crippen molar-refractivity contribution in [2.24, 2.45) is 7.05 Å². The number of ether oxygens (including phenoxy) is 2. The number of aromatic nitrogens is 2. The van der Waals surface area contributed by atoms with Gasteiger partial charge in [0.15, 0.2) is 0 Å². The fourth-order valence-electron chi connectivity index (χ4n) is 3.04. The van der Waals surface area contributed by atoms with Crippen LogP contribution in [0, 0.1) is 6.92 Å². The van der Waals surface area contributed by atoms with Gasteiger partial charge in [0, 0.05) is 50.5 Å². The zero-order valence-electron chi connectivity index (χ0n) is 11.8. The third kappa shape index (κ3) is 2.68. The molecule has 2 aliphatic rings. The molecule has 2 aliphatic heterocycles. The Morgan fingerprint density at radius 1 is 1.53 bits per heavy atom. The summed E-state index contributed by atoms with van der Waals surface area (Å²) >= 11 is 0. The van der Waals surface area contributed by atoms with Crippen LogP contribution < -0.4 is 5.32 Å². The quantitative estimate of drug-likeness (QED) is 0.891. The molecule has 3 heterocycles. The lowest BCUT2D eigenvalue weighted by molar-refractivity contribution is -0.0894. The molecule has 1 spiro atoms. The van der Waals surface area contributed by atoms with Gasteiger partial charge in [-0.3, -0.25) is 4.68 Å². The largest absolute Gasteiger partial charge is 0.378 e. The van der Waals surface area contributed by atoms with E-state index < -0.39 is 0 Å². The molecule has 2 fully saturated rings. The van der Waals surface area contributed by atoms with E-state index in [4.69, 9.17) is 9.47 Å². The van der Waals surface area contributed by atoms with Gasteiger partial charge in [0.25, 0.3) is 0 Å². The maximum Gasteiger partial charge on any atom is 0.0951 e. The van der Waals surface area contributed by atoms with Crippen molar-refractivity contribution in [3.8, 4) is 0 Å². The summed E-state index contributed by atoms with van der Waals surface area (Å²) in [6, 6.07) is 0.523. The topological polar surface area (TPSA) is 48.3 Å². The van der Waals surface area contributed by atoms with Gasteiger partial charge in [-0.25, -0.2) is 0 Å². The Morgan fingerprint density at radius 3 is 3.11 bits per heavy atom. The van der Waals surface area contributed by atoms with Crippen molar-refractivity contribution < 1.29 is 9.47 Å². The molecule has 0 saturated carbocycles. The summed E-state index contributed by atoms with van der Waals surface area (Å²) in [5.41, 5.74) is 2.50. The molecule has 2 saturated heterocycles. The smallest absolute Gasteiger partial charge is 0.0951 e. The zero-order valence-corrected chi connectivity index (χ0v) is 11.8. The van der Waals surface area contributed by atoms with E-state index in [1.165, 1.54) is 11.3 Å². The second-order valence-corrected chi connectivity index (χ2v) is 5.78. The van der Waals surface area contributed by atoms with Gasteiger partial charge in [-0.1, -0.05) is 0 Å². The first kappa shape index (κ1) is 13.1. The van der Waals surface area contributed by atoms with E-state index >= 15 is 0 Å². The van der Waals surface area contributed by atoms with E-state index in [1.54, 1.807) is 0 Å². The fraction of sp³-hybridized carbons (Fsp3) is 0.786. The molecule has 1 aromatic rings. The maximum atomic E-state index is 5.96. The number of aryl methyl sites for hydroxylation is 1. The average molecular weight is 265 g/mol. The molecule has 5 heteroatoms. The summed E-state index contributed by atoms with van der Waals surface area (Å²) in [6.45, 7) is 5.44. The lowest BCUT2D eigenvalue weighted by atomic mass is 9.89. The standard InChI is InChI=1S/C14H23N3O2/c1-11-12(9-16-17(11)2)8-15-13-3-5-19-14(7-13)4-6-18-10-14/h9,13,15H,3-8,10H2,1-2H3. The van der Waals surface area contributed by atoms with Crippen molar-refractivity contribution in [1.82, 2.24) is 15.1 Å². The summed E-state index contributed by atoms with van der Waals surface area (Å²) in [5, 5.41) is 7.94. The van der Waals surface area contributed by atoms with Gasteiger partial charge in [0.2, 0.25) is 0 Å². The van der Waals surface area contributed by atoms with Gasteiger partial charge in [0.1, 0.15) is 0 Å². The van der Waals surface area contributed by atoms with Crippen LogP contribution in [0.4, 0.5) is 0 Å². The van der Waals surface area contributed by atoms with Crippen molar-refractivity contribution in [2.75, 3.05) is 19.8 Å². The molecule has 1 N–H and O–H groups in total. The summed E-state index contributed by atoms with van der Waals surface area (Å²) in [7, 11) is 1.98. The molecular weight excluding hydrogens is 242 g/mol. The molecule has 0 radical (unpaired) electrons. The Bertz CT molecular complexity index is 438. The van der Waals surface area contributed by atoms with Crippen LogP contribution in [0.5, 0.6) is 0 Å². The van der Waals surface area contributed by atoms with Gasteiger partial charge in [0.05, 0.1) is 18.4 Å². The molecule has 2 atom stereocenters. The molecule has 2 unspecified atom stereocenters. The van der Waals surface area contributed by atoms with Crippen LogP contribution in [-0.4, -0.2) is 41.2 Å². The van der Waals surface area contributed by atoms with Crippen molar-refractivity contribution in [1.29, 1.82) is 0 Å². The van der Waals surface area contributed by atoms with E-state index in [1.807, 2.05) is 17.9 Å². The predicted octanol–water partition coefficient (Wildman–Crippen LogP) is 1.16. The third-order valence-electron chi connectivity index (χ3n) is 4.48. The molecule has 0 aromatic carbocycles. The van der Waals surface area contributed by atoms with E-state index in [-0.39, 0.29) is 5.60 Å². The number of rotatable bonds is 3. The first-order chi connectivity index (χ1) is 9.19. The molecule has 5 nitrogen and oxygen atoms in total. The maximum absolute atomic E-state index is 5.96. The Labute approximate surface area is 114 Å². The third-order valence-corrected chi connectivity index (χ3v) is 4.48. The number of hydrogen-bond donors (Lipinski definition) is 1. The molecule has 3 rings (SSSR count). The Balaban J connectivity index is 1.56. The number of nitrogens with zero attached hydrogens (tertiary/aromatic N) is 2. The fourth-order valence-corrected chi connectivity index (χ4v) is 3.04. The predicted molar refractivity (Wildman–Crippen MR) is 71.9 cm³/mol. The Hall–Kier alpha value is -0.910. The van der Waals surface area contributed by atoms with E-state index in [0.717, 1.165) is 45.6 Å². The highest BCUT2D eigenvalue weighted by Crippen LogP contribution is 2.32. The monoisotopic (exact) mass is 265 g/mol. The summed E-state index contributed by atoms with van der Waals surface area (Å²) in [4.78, 5) is 0. The first-order valence-electron chi connectivity index (χ1n) is 7.11. The molecule has 0 amide bonds. The van der Waals surface area contributed by atoms with Gasteiger partial charge < -0.3 is 14.8 Å². The summed E-state index contributed by atoms with van der Waals surface area (Å²) in [5.74, 6) is 0. The van der Waals surface area contributed by atoms with Crippen LogP contribution in [-0.2, 0) is 23.1 Å². The summed E-state index contributed by atoms with van der Waals surface area (Å²) in [6.07, 6.45) is 5.14. The zero-order chi connectivity index (χ0) is 13.3. The van der Waals surface area contributed by atoms with Gasteiger partial charge in [-0.2, -0.15) is 5.10 Å². The van der Waals surface area contributed by atoms with Crippen molar-refractivity contribution in [3.05, 3.63) is 17.5 Å². The minimum absolute atomic E-state index is 0.0140. The minimum atomic E-state index is -0.0140. The van der Waals surface area contributed by atoms with Crippen LogP contribution >= 0.6 is 0 Å². The lowest BCUT2D eigenvalue weighted by Gasteiger charge is -2.37. The first-order valence-corrected chi connectivity index (χ1v) is 7.11. The van der Waals surface area contributed by atoms with Gasteiger partial charge in [-0.05, 0) is 19.8 Å². The average Bonchev–Trinajstić information content (AvgIpc) is 2.97. The van der Waals surface area contributed by atoms with Crippen LogP contribution in [0.15, 0.2) is 6.20 Å². The summed E-state index contributed by atoms with van der Waals surface area (Å²) < 4.78 is 13.4. The van der Waals surface area contributed by atoms with Crippen molar-refractivity contribution in [3.63, 3.8) is 0 Å². The highest BCUT2D eigenvalue weighted by atomic mass is 16.6. The molecule has 1 aromatic heterocycles. The number of hydrogen-bond acceptors (Lipinski definition) is 4. The van der Waals surface area contributed by atoms with Crippen LogP contribution in [0.3, 0.4) is 0 Å².